The fourth-order valence-electron chi connectivity index (χ4n) is 2.98. The molecule has 0 fully saturated rings. The molecule has 4 nitrogen and oxygen atoms in total. The van der Waals surface area contributed by atoms with E-state index in [2.05, 4.69) is 5.32 Å². The summed E-state index contributed by atoms with van der Waals surface area (Å²) in [5.41, 5.74) is 3.45. The number of carbonyl (C=O) groups excluding carboxylic acids is 2. The van der Waals surface area contributed by atoms with Gasteiger partial charge >= 0.3 is 0 Å². The van der Waals surface area contributed by atoms with E-state index >= 15 is 0 Å². The van der Waals surface area contributed by atoms with Crippen molar-refractivity contribution in [1.82, 2.24) is 5.32 Å². The second kappa shape index (κ2) is 7.05. The lowest BCUT2D eigenvalue weighted by Crippen LogP contribution is -2.27. The Hall–Kier alpha value is -2.33. The number of amides is 2. The molecule has 124 valence electrons. The van der Waals surface area contributed by atoms with Gasteiger partial charge in [-0.3, -0.25) is 9.59 Å². The predicted molar refractivity (Wildman–Crippen MR) is 95.4 cm³/mol. The van der Waals surface area contributed by atoms with Gasteiger partial charge in [0.05, 0.1) is 0 Å². The maximum Gasteiger partial charge on any atom is 0.251 e. The highest BCUT2D eigenvalue weighted by Gasteiger charge is 2.27. The minimum absolute atomic E-state index is 0.0903. The number of nitrogens with zero attached hydrogens (tertiary/aromatic N) is 1. The van der Waals surface area contributed by atoms with Gasteiger partial charge in [0.25, 0.3) is 5.91 Å². The second-order valence-corrected chi connectivity index (χ2v) is 6.20. The van der Waals surface area contributed by atoms with Crippen LogP contribution in [0.5, 0.6) is 0 Å². The molecule has 0 radical (unpaired) electrons. The number of fused-ring (bicyclic) bond motifs is 1. The van der Waals surface area contributed by atoms with Gasteiger partial charge in [0.2, 0.25) is 5.91 Å². The van der Waals surface area contributed by atoms with Crippen LogP contribution in [-0.2, 0) is 17.8 Å². The summed E-state index contributed by atoms with van der Waals surface area (Å²) >= 11 is 5.87. The molecule has 0 bridgehead atoms. The molecule has 1 heterocycles. The molecule has 2 aromatic rings. The van der Waals surface area contributed by atoms with Crippen molar-refractivity contribution in [3.8, 4) is 0 Å². The van der Waals surface area contributed by atoms with Crippen LogP contribution in [0.3, 0.4) is 0 Å². The lowest BCUT2D eigenvalue weighted by molar-refractivity contribution is -0.118. The van der Waals surface area contributed by atoms with Crippen LogP contribution >= 0.6 is 11.6 Å². The van der Waals surface area contributed by atoms with Crippen LogP contribution in [0.25, 0.3) is 0 Å². The quantitative estimate of drug-likeness (QED) is 0.923. The van der Waals surface area contributed by atoms with Crippen molar-refractivity contribution in [1.29, 1.82) is 0 Å². The van der Waals surface area contributed by atoms with Crippen molar-refractivity contribution in [2.45, 2.75) is 26.3 Å². The number of rotatable bonds is 4. The maximum atomic E-state index is 12.6. The highest BCUT2D eigenvalue weighted by Crippen LogP contribution is 2.31. The van der Waals surface area contributed by atoms with Crippen molar-refractivity contribution >= 4 is 29.1 Å². The van der Waals surface area contributed by atoms with E-state index < -0.39 is 0 Å². The third-order valence-electron chi connectivity index (χ3n) is 4.24. The number of nitrogens with one attached hydrogen (secondary N) is 1. The van der Waals surface area contributed by atoms with Crippen LogP contribution in [0.4, 0.5) is 5.69 Å². The lowest BCUT2D eigenvalue weighted by atomic mass is 10.0. The molecule has 0 spiro atoms. The Kier molecular flexibility index (Phi) is 4.86. The third-order valence-corrected chi connectivity index (χ3v) is 4.49. The minimum Gasteiger partial charge on any atom is -0.348 e. The van der Waals surface area contributed by atoms with Crippen LogP contribution in [0.1, 0.15) is 34.8 Å². The van der Waals surface area contributed by atoms with E-state index in [1.54, 1.807) is 17.0 Å². The average molecular weight is 343 g/mol. The molecule has 0 saturated carbocycles. The van der Waals surface area contributed by atoms with Gasteiger partial charge in [-0.2, -0.15) is 0 Å². The fourth-order valence-corrected chi connectivity index (χ4v) is 3.10. The number of halogens is 1. The van der Waals surface area contributed by atoms with Gasteiger partial charge in [0.15, 0.2) is 0 Å². The minimum atomic E-state index is -0.118. The van der Waals surface area contributed by atoms with E-state index in [-0.39, 0.29) is 11.8 Å². The molecule has 1 N–H and O–H groups in total. The van der Waals surface area contributed by atoms with E-state index in [1.165, 1.54) is 0 Å². The Labute approximate surface area is 146 Å². The molecule has 5 heteroatoms. The van der Waals surface area contributed by atoms with Gasteiger partial charge in [-0.25, -0.2) is 0 Å². The molecule has 0 aromatic heterocycles. The van der Waals surface area contributed by atoms with Gasteiger partial charge in [0, 0.05) is 35.8 Å². The van der Waals surface area contributed by atoms with E-state index in [4.69, 9.17) is 11.6 Å². The molecule has 1 aliphatic heterocycles. The van der Waals surface area contributed by atoms with E-state index in [0.29, 0.717) is 36.5 Å². The molecule has 0 unspecified atom stereocenters. The smallest absolute Gasteiger partial charge is 0.251 e. The molecule has 1 aliphatic rings. The Morgan fingerprint density at radius 1 is 1.17 bits per heavy atom. The third kappa shape index (κ3) is 3.29. The zero-order valence-electron chi connectivity index (χ0n) is 13.5. The molecule has 24 heavy (non-hydrogen) atoms. The molecular weight excluding hydrogens is 324 g/mol. The fraction of sp³-hybridized carbons (Fsp3) is 0.263. The first kappa shape index (κ1) is 16.5. The SMILES string of the molecule is CCC(=O)N1CCc2c(C(=O)NCc3ccc(Cl)cc3)cccc21. The summed E-state index contributed by atoms with van der Waals surface area (Å²) in [5, 5.41) is 3.61. The summed E-state index contributed by atoms with van der Waals surface area (Å²) in [6.45, 7) is 2.93. The number of hydrogen-bond acceptors (Lipinski definition) is 2. The highest BCUT2D eigenvalue weighted by atomic mass is 35.5. The van der Waals surface area contributed by atoms with Gasteiger partial charge in [-0.05, 0) is 41.8 Å². The van der Waals surface area contributed by atoms with Crippen LogP contribution in [0, 0.1) is 0 Å². The van der Waals surface area contributed by atoms with Crippen molar-refractivity contribution < 1.29 is 9.59 Å². The molecule has 0 atom stereocenters. The largest absolute Gasteiger partial charge is 0.348 e. The topological polar surface area (TPSA) is 49.4 Å². The molecule has 2 amide bonds. The lowest BCUT2D eigenvalue weighted by Gasteiger charge is -2.16. The van der Waals surface area contributed by atoms with Crippen LogP contribution < -0.4 is 10.2 Å². The van der Waals surface area contributed by atoms with Crippen molar-refractivity contribution in [3.63, 3.8) is 0 Å². The summed E-state index contributed by atoms with van der Waals surface area (Å²) in [6.07, 6.45) is 1.18. The molecular formula is C19H19ClN2O2. The summed E-state index contributed by atoms with van der Waals surface area (Å²) in [6, 6.07) is 12.9. The molecule has 2 aromatic carbocycles. The van der Waals surface area contributed by atoms with Gasteiger partial charge in [-0.1, -0.05) is 36.7 Å². The van der Waals surface area contributed by atoms with E-state index in [1.807, 2.05) is 37.3 Å². The first-order valence-corrected chi connectivity index (χ1v) is 8.43. The standard InChI is InChI=1S/C19H19ClN2O2/c1-2-18(23)22-11-10-15-16(4-3-5-17(15)22)19(24)21-12-13-6-8-14(20)9-7-13/h3-9H,2,10-12H2,1H3,(H,21,24). The summed E-state index contributed by atoms with van der Waals surface area (Å²) in [4.78, 5) is 26.3. The molecule has 0 aliphatic carbocycles. The average Bonchev–Trinajstić information content (AvgIpc) is 3.04. The van der Waals surface area contributed by atoms with Crippen molar-refractivity contribution in [2.24, 2.45) is 0 Å². The summed E-state index contributed by atoms with van der Waals surface area (Å²) in [5.74, 6) is -0.0277. The van der Waals surface area contributed by atoms with Gasteiger partial charge < -0.3 is 10.2 Å². The van der Waals surface area contributed by atoms with Crippen molar-refractivity contribution in [3.05, 3.63) is 64.2 Å². The van der Waals surface area contributed by atoms with Gasteiger partial charge in [0.1, 0.15) is 0 Å². The monoisotopic (exact) mass is 342 g/mol. The van der Waals surface area contributed by atoms with Crippen LogP contribution in [0.2, 0.25) is 5.02 Å². The van der Waals surface area contributed by atoms with Crippen LogP contribution in [-0.4, -0.2) is 18.4 Å². The Morgan fingerprint density at radius 3 is 2.62 bits per heavy atom. The Bertz CT molecular complexity index is 771. The zero-order chi connectivity index (χ0) is 17.1. The number of hydrogen-bond donors (Lipinski definition) is 1. The Balaban J connectivity index is 1.75. The highest BCUT2D eigenvalue weighted by molar-refractivity contribution is 6.30. The van der Waals surface area contributed by atoms with E-state index in [0.717, 1.165) is 16.8 Å². The maximum absolute atomic E-state index is 12.6. The number of carbonyl (C=O) groups is 2. The first-order valence-electron chi connectivity index (χ1n) is 8.05. The number of benzene rings is 2. The zero-order valence-corrected chi connectivity index (χ0v) is 14.3. The second-order valence-electron chi connectivity index (χ2n) is 5.76. The summed E-state index contributed by atoms with van der Waals surface area (Å²) < 4.78 is 0. The van der Waals surface area contributed by atoms with Crippen LogP contribution in [0.15, 0.2) is 42.5 Å². The Morgan fingerprint density at radius 2 is 1.92 bits per heavy atom. The summed E-state index contributed by atoms with van der Waals surface area (Å²) in [7, 11) is 0. The molecule has 0 saturated heterocycles. The van der Waals surface area contributed by atoms with Crippen molar-refractivity contribution in [2.75, 3.05) is 11.4 Å². The van der Waals surface area contributed by atoms with Gasteiger partial charge in [-0.15, -0.1) is 0 Å². The predicted octanol–water partition coefficient (Wildman–Crippen LogP) is 3.57. The first-order chi connectivity index (χ1) is 11.6. The van der Waals surface area contributed by atoms with E-state index in [9.17, 15) is 9.59 Å². The number of anilines is 1. The molecule has 3 rings (SSSR count). The normalized spacial score (nSPS) is 12.8.